The highest BCUT2D eigenvalue weighted by atomic mass is 31.2. The first kappa shape index (κ1) is 57.7. The molecule has 1 unspecified atom stereocenters. The largest absolute Gasteiger partial charge is 0.472 e. The van der Waals surface area contributed by atoms with E-state index in [1.807, 2.05) is 18.2 Å². The van der Waals surface area contributed by atoms with E-state index in [1.54, 1.807) is 0 Å². The number of nitrogens with two attached hydrogens (primary N) is 1. The lowest BCUT2D eigenvalue weighted by Crippen LogP contribution is -2.29. The Hall–Kier alpha value is -2.33. The molecule has 0 saturated carbocycles. The van der Waals surface area contributed by atoms with Gasteiger partial charge in [-0.3, -0.25) is 18.6 Å². The van der Waals surface area contributed by atoms with Crippen LogP contribution in [0.4, 0.5) is 0 Å². The molecule has 348 valence electrons. The van der Waals surface area contributed by atoms with Gasteiger partial charge in [0, 0.05) is 19.4 Å². The Morgan fingerprint density at radius 1 is 0.567 bits per heavy atom. The first-order valence-electron chi connectivity index (χ1n) is 23.9. The molecule has 3 atom stereocenters. The lowest BCUT2D eigenvalue weighted by molar-refractivity contribution is -0.161. The van der Waals surface area contributed by atoms with Crippen LogP contribution in [0.15, 0.2) is 60.8 Å². The zero-order valence-electron chi connectivity index (χ0n) is 38.0. The van der Waals surface area contributed by atoms with Crippen molar-refractivity contribution in [3.63, 3.8) is 0 Å². The summed E-state index contributed by atoms with van der Waals surface area (Å²) in [6, 6.07) is 0. The van der Waals surface area contributed by atoms with E-state index in [2.05, 4.69) is 56.4 Å². The third-order valence-electron chi connectivity index (χ3n) is 9.95. The van der Waals surface area contributed by atoms with Crippen molar-refractivity contribution in [1.82, 2.24) is 0 Å². The van der Waals surface area contributed by atoms with E-state index < -0.39 is 32.5 Å². The molecule has 0 aromatic heterocycles. The van der Waals surface area contributed by atoms with E-state index in [9.17, 15) is 24.2 Å². The molecule has 0 aromatic carbocycles. The van der Waals surface area contributed by atoms with Gasteiger partial charge < -0.3 is 25.2 Å². The van der Waals surface area contributed by atoms with Gasteiger partial charge in [-0.1, -0.05) is 177 Å². The second kappa shape index (κ2) is 44.7. The van der Waals surface area contributed by atoms with Crippen LogP contribution in [0.5, 0.6) is 0 Å². The van der Waals surface area contributed by atoms with Crippen molar-refractivity contribution in [2.75, 3.05) is 26.4 Å². The van der Waals surface area contributed by atoms with Crippen molar-refractivity contribution in [3.8, 4) is 0 Å². The highest BCUT2D eigenvalue weighted by molar-refractivity contribution is 7.47. The Balaban J connectivity index is 4.19. The number of hydrogen-bond acceptors (Lipinski definition) is 9. The Morgan fingerprint density at radius 3 is 1.60 bits per heavy atom. The van der Waals surface area contributed by atoms with E-state index in [0.29, 0.717) is 19.3 Å². The van der Waals surface area contributed by atoms with Crippen molar-refractivity contribution in [3.05, 3.63) is 60.8 Å². The third-order valence-corrected chi connectivity index (χ3v) is 10.9. The molecule has 4 N–H and O–H groups in total. The molecule has 0 bridgehead atoms. The molecule has 0 aliphatic carbocycles. The minimum Gasteiger partial charge on any atom is -0.462 e. The summed E-state index contributed by atoms with van der Waals surface area (Å²) >= 11 is 0. The van der Waals surface area contributed by atoms with E-state index in [4.69, 9.17) is 24.3 Å². The molecule has 0 aromatic rings. The monoisotopic (exact) mass is 866 g/mol. The summed E-state index contributed by atoms with van der Waals surface area (Å²) in [5.74, 6) is -0.917. The second-order valence-corrected chi connectivity index (χ2v) is 17.2. The first-order chi connectivity index (χ1) is 29.2. The maximum absolute atomic E-state index is 12.6. The minimum absolute atomic E-state index is 0.0379. The Morgan fingerprint density at radius 2 is 1.03 bits per heavy atom. The van der Waals surface area contributed by atoms with Crippen LogP contribution in [0, 0.1) is 0 Å². The van der Waals surface area contributed by atoms with E-state index in [-0.39, 0.29) is 38.7 Å². The van der Waals surface area contributed by atoms with E-state index in [1.165, 1.54) is 96.3 Å². The van der Waals surface area contributed by atoms with Gasteiger partial charge in [-0.25, -0.2) is 4.57 Å². The lowest BCUT2D eigenvalue weighted by atomic mass is 10.0. The highest BCUT2D eigenvalue weighted by Gasteiger charge is 2.26. The number of hydrogen-bond donors (Lipinski definition) is 3. The fourth-order valence-corrected chi connectivity index (χ4v) is 7.11. The molecule has 0 radical (unpaired) electrons. The Kier molecular flexibility index (Phi) is 43.0. The molecule has 60 heavy (non-hydrogen) atoms. The number of aliphatic hydroxyl groups is 1. The summed E-state index contributed by atoms with van der Waals surface area (Å²) in [7, 11) is -4.40. The smallest absolute Gasteiger partial charge is 0.462 e. The van der Waals surface area contributed by atoms with Crippen LogP contribution in [-0.2, 0) is 32.7 Å². The zero-order valence-corrected chi connectivity index (χ0v) is 38.9. The topological polar surface area (TPSA) is 155 Å². The van der Waals surface area contributed by atoms with Crippen LogP contribution in [-0.4, -0.2) is 60.5 Å². The van der Waals surface area contributed by atoms with Gasteiger partial charge in [0.2, 0.25) is 0 Å². The van der Waals surface area contributed by atoms with E-state index >= 15 is 0 Å². The molecule has 0 rings (SSSR count). The van der Waals surface area contributed by atoms with Gasteiger partial charge in [0.15, 0.2) is 6.10 Å². The van der Waals surface area contributed by atoms with Gasteiger partial charge in [0.1, 0.15) is 6.61 Å². The van der Waals surface area contributed by atoms with Gasteiger partial charge in [-0.2, -0.15) is 0 Å². The van der Waals surface area contributed by atoms with Crippen molar-refractivity contribution < 1.29 is 42.7 Å². The van der Waals surface area contributed by atoms with Gasteiger partial charge in [0.05, 0.1) is 19.3 Å². The third kappa shape index (κ3) is 43.7. The Bertz CT molecular complexity index is 1190. The maximum atomic E-state index is 12.6. The number of allylic oxidation sites excluding steroid dienone is 9. The van der Waals surface area contributed by atoms with Crippen molar-refractivity contribution >= 4 is 19.8 Å². The molecule has 0 spiro atoms. The number of unbranched alkanes of at least 4 members (excludes halogenated alkanes) is 19. The molecule has 0 saturated heterocycles. The van der Waals surface area contributed by atoms with Crippen molar-refractivity contribution in [2.45, 2.75) is 212 Å². The average Bonchev–Trinajstić information content (AvgIpc) is 3.23. The molecular weight excluding hydrogens is 778 g/mol. The van der Waals surface area contributed by atoms with Crippen LogP contribution >= 0.6 is 7.82 Å². The minimum atomic E-state index is -4.40. The molecular formula is C49H88NO9P. The zero-order chi connectivity index (χ0) is 44.0. The number of esters is 2. The number of phosphoric acid groups is 1. The fraction of sp³-hybridized carbons (Fsp3) is 0.755. The quantitative estimate of drug-likeness (QED) is 0.0233. The van der Waals surface area contributed by atoms with Gasteiger partial charge in [-0.05, 0) is 70.6 Å². The highest BCUT2D eigenvalue weighted by Crippen LogP contribution is 2.43. The van der Waals surface area contributed by atoms with Crippen molar-refractivity contribution in [2.24, 2.45) is 5.73 Å². The molecule has 10 nitrogen and oxygen atoms in total. The number of aliphatic hydroxyl groups excluding tert-OH is 1. The molecule has 11 heteroatoms. The molecule has 0 aliphatic heterocycles. The predicted molar refractivity (Wildman–Crippen MR) is 249 cm³/mol. The molecule has 0 fully saturated rings. The number of phosphoric ester groups is 1. The van der Waals surface area contributed by atoms with Gasteiger partial charge in [0.25, 0.3) is 0 Å². The summed E-state index contributed by atoms with van der Waals surface area (Å²) in [6.07, 6.45) is 50.2. The summed E-state index contributed by atoms with van der Waals surface area (Å²) in [4.78, 5) is 34.9. The van der Waals surface area contributed by atoms with Crippen LogP contribution in [0.25, 0.3) is 0 Å². The fourth-order valence-electron chi connectivity index (χ4n) is 6.35. The summed E-state index contributed by atoms with van der Waals surface area (Å²) < 4.78 is 32.8. The first-order valence-corrected chi connectivity index (χ1v) is 25.3. The van der Waals surface area contributed by atoms with Gasteiger partial charge in [-0.15, -0.1) is 0 Å². The normalized spacial score (nSPS) is 14.3. The van der Waals surface area contributed by atoms with Crippen LogP contribution < -0.4 is 5.73 Å². The number of rotatable bonds is 44. The lowest BCUT2D eigenvalue weighted by Gasteiger charge is -2.19. The standard InChI is InChI=1S/C49H88NO9P/c1-3-5-7-8-9-10-11-12-13-14-15-16-17-18-19-20-25-28-31-34-37-41-49(53)59-47(45-58-60(54,55)57-43-42-50)44-56-48(52)40-36-33-30-27-24-22-21-23-26-29-32-35-39-46(51)38-6-4-2/h12-13,21-22,26-27,29-30,35,39,46-47,51H,3-11,14-20,23-25,28,31-34,36-38,40-45,50H2,1-2H3,(H,54,55)/b13-12-,22-21-,29-26-,30-27-,39-35-/t46-,47+/m0/s1. The molecule has 0 heterocycles. The summed E-state index contributed by atoms with van der Waals surface area (Å²) in [6.45, 7) is 3.51. The number of ether oxygens (including phenoxy) is 2. The predicted octanol–water partition coefficient (Wildman–Crippen LogP) is 13.0. The second-order valence-electron chi connectivity index (χ2n) is 15.8. The molecule has 0 aliphatic rings. The SMILES string of the molecule is CCCCCCCC/C=C\CCCCCCCCCCCCCC(=O)O[C@H](COC(=O)CCC/C=C\C/C=C\C/C=C\C/C=C\[C@@H](O)CCCC)COP(=O)(O)OCCN. The number of carbonyl (C=O) groups excluding carboxylic acids is 2. The van der Waals surface area contributed by atoms with E-state index in [0.717, 1.165) is 57.8 Å². The van der Waals surface area contributed by atoms with Gasteiger partial charge >= 0.3 is 19.8 Å². The molecule has 0 amide bonds. The number of carbonyl (C=O) groups is 2. The van der Waals surface area contributed by atoms with Crippen LogP contribution in [0.3, 0.4) is 0 Å². The van der Waals surface area contributed by atoms with Crippen LogP contribution in [0.2, 0.25) is 0 Å². The maximum Gasteiger partial charge on any atom is 0.472 e. The summed E-state index contributed by atoms with van der Waals surface area (Å²) in [5.41, 5.74) is 5.35. The Labute approximate surface area is 366 Å². The average molecular weight is 866 g/mol. The van der Waals surface area contributed by atoms with Crippen molar-refractivity contribution in [1.29, 1.82) is 0 Å². The van der Waals surface area contributed by atoms with Crippen LogP contribution in [0.1, 0.15) is 200 Å². The summed E-state index contributed by atoms with van der Waals surface area (Å²) in [5, 5.41) is 9.82.